The molecule has 15 heavy (non-hydrogen) atoms. The maximum atomic E-state index is 11.9. The number of piperidine rings is 1. The first-order valence-corrected chi connectivity index (χ1v) is 7.00. The Bertz CT molecular complexity index is 305. The average molecular weight is 233 g/mol. The Morgan fingerprint density at radius 3 is 2.33 bits per heavy atom. The maximum Gasteiger partial charge on any atom is 0.279 e. The molecule has 88 valence electrons. The van der Waals surface area contributed by atoms with Crippen LogP contribution in [0.1, 0.15) is 19.8 Å². The summed E-state index contributed by atoms with van der Waals surface area (Å²) in [5, 5.41) is 3.05. The van der Waals surface area contributed by atoms with Gasteiger partial charge in [-0.25, -0.2) is 0 Å². The Morgan fingerprint density at radius 1 is 1.27 bits per heavy atom. The largest absolute Gasteiger partial charge is 0.313 e. The standard InChI is InChI=1S/C9H19N3O2S/c1-8-2-4-12(5-3-8)15(13,14)11-9-6-10-7-9/h8-11H,2-7H2,1H3. The highest BCUT2D eigenvalue weighted by Crippen LogP contribution is 2.18. The zero-order valence-corrected chi connectivity index (χ0v) is 9.89. The molecule has 0 bridgehead atoms. The summed E-state index contributed by atoms with van der Waals surface area (Å²) in [6.07, 6.45) is 1.95. The second-order valence-corrected chi connectivity index (χ2v) is 6.26. The molecule has 2 aliphatic rings. The molecule has 0 atom stereocenters. The SMILES string of the molecule is CC1CCN(S(=O)(=O)NC2CNC2)CC1. The van der Waals surface area contributed by atoms with Gasteiger partial charge in [0.2, 0.25) is 0 Å². The lowest BCUT2D eigenvalue weighted by atomic mass is 10.0. The molecule has 0 radical (unpaired) electrons. The van der Waals surface area contributed by atoms with Crippen molar-refractivity contribution in [1.29, 1.82) is 0 Å². The van der Waals surface area contributed by atoms with Gasteiger partial charge < -0.3 is 5.32 Å². The van der Waals surface area contributed by atoms with Crippen LogP contribution < -0.4 is 10.0 Å². The minimum Gasteiger partial charge on any atom is -0.313 e. The van der Waals surface area contributed by atoms with E-state index in [9.17, 15) is 8.42 Å². The van der Waals surface area contributed by atoms with E-state index in [-0.39, 0.29) is 6.04 Å². The van der Waals surface area contributed by atoms with E-state index in [1.54, 1.807) is 4.31 Å². The van der Waals surface area contributed by atoms with Gasteiger partial charge in [0.05, 0.1) is 0 Å². The molecule has 0 spiro atoms. The molecule has 0 aliphatic carbocycles. The number of nitrogens with one attached hydrogen (secondary N) is 2. The summed E-state index contributed by atoms with van der Waals surface area (Å²) >= 11 is 0. The number of nitrogens with zero attached hydrogens (tertiary/aromatic N) is 1. The molecule has 0 unspecified atom stereocenters. The van der Waals surface area contributed by atoms with Gasteiger partial charge in [-0.2, -0.15) is 17.4 Å². The van der Waals surface area contributed by atoms with Gasteiger partial charge in [0.1, 0.15) is 0 Å². The molecule has 2 fully saturated rings. The van der Waals surface area contributed by atoms with E-state index in [0.29, 0.717) is 19.0 Å². The monoisotopic (exact) mass is 233 g/mol. The number of rotatable bonds is 3. The van der Waals surface area contributed by atoms with Crippen LogP contribution in [0.5, 0.6) is 0 Å². The quantitative estimate of drug-likeness (QED) is 0.692. The lowest BCUT2D eigenvalue weighted by Crippen LogP contribution is -2.59. The summed E-state index contributed by atoms with van der Waals surface area (Å²) in [4.78, 5) is 0. The van der Waals surface area contributed by atoms with E-state index < -0.39 is 10.2 Å². The van der Waals surface area contributed by atoms with Crippen molar-refractivity contribution in [2.75, 3.05) is 26.2 Å². The fraction of sp³-hybridized carbons (Fsp3) is 1.00. The van der Waals surface area contributed by atoms with Crippen molar-refractivity contribution in [2.45, 2.75) is 25.8 Å². The highest BCUT2D eigenvalue weighted by molar-refractivity contribution is 7.87. The molecule has 2 heterocycles. The summed E-state index contributed by atoms with van der Waals surface area (Å²) in [5.41, 5.74) is 0. The molecule has 2 N–H and O–H groups in total. The van der Waals surface area contributed by atoms with Crippen molar-refractivity contribution in [1.82, 2.24) is 14.3 Å². The molecular formula is C9H19N3O2S. The van der Waals surface area contributed by atoms with Gasteiger partial charge in [0.25, 0.3) is 10.2 Å². The smallest absolute Gasteiger partial charge is 0.279 e. The van der Waals surface area contributed by atoms with Crippen LogP contribution in [0.2, 0.25) is 0 Å². The molecule has 0 aromatic rings. The second kappa shape index (κ2) is 4.37. The normalized spacial score (nSPS) is 26.5. The topological polar surface area (TPSA) is 61.4 Å². The number of hydrogen-bond acceptors (Lipinski definition) is 3. The van der Waals surface area contributed by atoms with E-state index in [1.165, 1.54) is 0 Å². The predicted octanol–water partition coefficient (Wildman–Crippen LogP) is -0.475. The van der Waals surface area contributed by atoms with Crippen molar-refractivity contribution in [3.05, 3.63) is 0 Å². The highest BCUT2D eigenvalue weighted by atomic mass is 32.2. The Labute approximate surface area is 91.4 Å². The molecule has 0 amide bonds. The van der Waals surface area contributed by atoms with Crippen LogP contribution >= 0.6 is 0 Å². The van der Waals surface area contributed by atoms with Gasteiger partial charge in [-0.05, 0) is 18.8 Å². The first-order chi connectivity index (χ1) is 7.08. The van der Waals surface area contributed by atoms with E-state index in [1.807, 2.05) is 0 Å². The average Bonchev–Trinajstić information content (AvgIpc) is 2.13. The van der Waals surface area contributed by atoms with Crippen LogP contribution in [0, 0.1) is 5.92 Å². The Balaban J connectivity index is 1.90. The van der Waals surface area contributed by atoms with E-state index in [4.69, 9.17) is 0 Å². The fourth-order valence-electron chi connectivity index (χ4n) is 1.88. The maximum absolute atomic E-state index is 11.9. The molecule has 2 saturated heterocycles. The third-order valence-electron chi connectivity index (χ3n) is 3.18. The Kier molecular flexibility index (Phi) is 3.30. The van der Waals surface area contributed by atoms with Gasteiger partial charge in [-0.15, -0.1) is 0 Å². The lowest BCUT2D eigenvalue weighted by Gasteiger charge is -2.33. The Morgan fingerprint density at radius 2 is 1.87 bits per heavy atom. The van der Waals surface area contributed by atoms with Crippen molar-refractivity contribution in [2.24, 2.45) is 5.92 Å². The third-order valence-corrected chi connectivity index (χ3v) is 4.86. The summed E-state index contributed by atoms with van der Waals surface area (Å²) in [5.74, 6) is 0.654. The van der Waals surface area contributed by atoms with E-state index in [0.717, 1.165) is 25.9 Å². The molecule has 2 aliphatic heterocycles. The molecule has 5 nitrogen and oxygen atoms in total. The molecule has 2 rings (SSSR count). The van der Waals surface area contributed by atoms with E-state index in [2.05, 4.69) is 17.0 Å². The molecule has 0 aromatic heterocycles. The summed E-state index contributed by atoms with van der Waals surface area (Å²) < 4.78 is 28.1. The molecule has 6 heteroatoms. The summed E-state index contributed by atoms with van der Waals surface area (Å²) in [6, 6.07) is 0.0920. The van der Waals surface area contributed by atoms with Crippen LogP contribution in [-0.4, -0.2) is 44.9 Å². The first kappa shape index (κ1) is 11.3. The van der Waals surface area contributed by atoms with Crippen molar-refractivity contribution < 1.29 is 8.42 Å². The van der Waals surface area contributed by atoms with Crippen LogP contribution in [0.3, 0.4) is 0 Å². The van der Waals surface area contributed by atoms with E-state index >= 15 is 0 Å². The van der Waals surface area contributed by atoms with Crippen molar-refractivity contribution in [3.63, 3.8) is 0 Å². The predicted molar refractivity (Wildman–Crippen MR) is 58.7 cm³/mol. The van der Waals surface area contributed by atoms with Crippen LogP contribution in [-0.2, 0) is 10.2 Å². The number of hydrogen-bond donors (Lipinski definition) is 2. The minimum atomic E-state index is -3.22. The highest BCUT2D eigenvalue weighted by Gasteiger charge is 2.30. The molecular weight excluding hydrogens is 214 g/mol. The minimum absolute atomic E-state index is 0.0920. The fourth-order valence-corrected chi connectivity index (χ4v) is 3.31. The zero-order chi connectivity index (χ0) is 10.9. The summed E-state index contributed by atoms with van der Waals surface area (Å²) in [7, 11) is -3.22. The zero-order valence-electron chi connectivity index (χ0n) is 9.07. The third kappa shape index (κ3) is 2.69. The van der Waals surface area contributed by atoms with Crippen molar-refractivity contribution in [3.8, 4) is 0 Å². The van der Waals surface area contributed by atoms with Crippen LogP contribution in [0.4, 0.5) is 0 Å². The molecule has 0 saturated carbocycles. The molecule has 0 aromatic carbocycles. The van der Waals surface area contributed by atoms with Gasteiger partial charge in [-0.1, -0.05) is 6.92 Å². The van der Waals surface area contributed by atoms with Gasteiger partial charge in [0.15, 0.2) is 0 Å². The second-order valence-electron chi connectivity index (χ2n) is 4.56. The van der Waals surface area contributed by atoms with Crippen molar-refractivity contribution >= 4 is 10.2 Å². The first-order valence-electron chi connectivity index (χ1n) is 5.56. The van der Waals surface area contributed by atoms with Gasteiger partial charge >= 0.3 is 0 Å². The Hall–Kier alpha value is -0.170. The van der Waals surface area contributed by atoms with Crippen LogP contribution in [0.15, 0.2) is 0 Å². The van der Waals surface area contributed by atoms with Crippen LogP contribution in [0.25, 0.3) is 0 Å². The summed E-state index contributed by atoms with van der Waals surface area (Å²) in [6.45, 7) is 5.01. The van der Waals surface area contributed by atoms with Gasteiger partial charge in [-0.3, -0.25) is 0 Å². The van der Waals surface area contributed by atoms with Gasteiger partial charge in [0, 0.05) is 32.2 Å². The lowest BCUT2D eigenvalue weighted by molar-refractivity contribution is 0.280.